The molecule has 1 unspecified atom stereocenters. The van der Waals surface area contributed by atoms with Crippen molar-refractivity contribution < 1.29 is 9.59 Å². The molecule has 0 saturated carbocycles. The Kier molecular flexibility index (Phi) is 4.00. The predicted octanol–water partition coefficient (Wildman–Crippen LogP) is 1.78. The first-order valence-corrected chi connectivity index (χ1v) is 6.65. The molecule has 0 fully saturated rings. The molecule has 4 nitrogen and oxygen atoms in total. The summed E-state index contributed by atoms with van der Waals surface area (Å²) in [5.41, 5.74) is 2.79. The second kappa shape index (κ2) is 5.53. The largest absolute Gasteiger partial charge is 0.319 e. The Labute approximate surface area is 113 Å². The molecule has 2 rings (SSSR count). The van der Waals surface area contributed by atoms with Crippen LogP contribution in [0.2, 0.25) is 0 Å². The first-order valence-electron chi connectivity index (χ1n) is 6.65. The maximum Gasteiger partial charge on any atom is 0.224 e. The molecule has 1 aromatic rings. The van der Waals surface area contributed by atoms with E-state index in [0.717, 1.165) is 23.2 Å². The van der Waals surface area contributed by atoms with Crippen LogP contribution in [0.1, 0.15) is 36.2 Å². The Hall–Kier alpha value is -1.68. The third kappa shape index (κ3) is 2.68. The summed E-state index contributed by atoms with van der Waals surface area (Å²) in [5.74, 6) is 0.201. The van der Waals surface area contributed by atoms with Crippen molar-refractivity contribution >= 4 is 17.4 Å². The Morgan fingerprint density at radius 2 is 2.16 bits per heavy atom. The van der Waals surface area contributed by atoms with Gasteiger partial charge in [-0.3, -0.25) is 9.59 Å². The molecule has 102 valence electrons. The average Bonchev–Trinajstić information content (AvgIpc) is 2.70. The zero-order valence-corrected chi connectivity index (χ0v) is 11.7. The van der Waals surface area contributed by atoms with Crippen molar-refractivity contribution in [2.75, 3.05) is 18.5 Å². The Morgan fingerprint density at radius 1 is 1.42 bits per heavy atom. The molecule has 1 amide bonds. The van der Waals surface area contributed by atoms with Crippen molar-refractivity contribution in [2.45, 2.75) is 32.7 Å². The highest BCUT2D eigenvalue weighted by atomic mass is 16.2. The van der Waals surface area contributed by atoms with E-state index in [-0.39, 0.29) is 17.7 Å². The molecule has 0 radical (unpaired) electrons. The van der Waals surface area contributed by atoms with Gasteiger partial charge in [0, 0.05) is 37.2 Å². The lowest BCUT2D eigenvalue weighted by Crippen LogP contribution is -2.33. The third-order valence-corrected chi connectivity index (χ3v) is 3.56. The zero-order chi connectivity index (χ0) is 14.0. The van der Waals surface area contributed by atoms with Gasteiger partial charge in [-0.25, -0.2) is 0 Å². The number of hydrogen-bond acceptors (Lipinski definition) is 3. The highest BCUT2D eigenvalue weighted by Crippen LogP contribution is 2.33. The van der Waals surface area contributed by atoms with E-state index in [0.29, 0.717) is 13.0 Å². The summed E-state index contributed by atoms with van der Waals surface area (Å²) in [7, 11) is 1.84. The van der Waals surface area contributed by atoms with Gasteiger partial charge in [-0.2, -0.15) is 0 Å². The lowest BCUT2D eigenvalue weighted by Gasteiger charge is -2.20. The summed E-state index contributed by atoms with van der Waals surface area (Å²) in [4.78, 5) is 25.4. The van der Waals surface area contributed by atoms with Crippen LogP contribution >= 0.6 is 0 Å². The number of benzene rings is 1. The van der Waals surface area contributed by atoms with Crippen molar-refractivity contribution in [3.05, 3.63) is 29.3 Å². The number of Topliss-reactive ketones (excluding diaryl/α,β-unsaturated/α-hetero) is 1. The molecule has 0 aliphatic carbocycles. The van der Waals surface area contributed by atoms with Crippen molar-refractivity contribution in [2.24, 2.45) is 0 Å². The van der Waals surface area contributed by atoms with Crippen LogP contribution in [0.4, 0.5) is 5.69 Å². The van der Waals surface area contributed by atoms with Crippen LogP contribution in [0.3, 0.4) is 0 Å². The number of carbonyl (C=O) groups is 2. The number of nitrogens with zero attached hydrogens (tertiary/aromatic N) is 1. The van der Waals surface area contributed by atoms with Crippen LogP contribution in [0.15, 0.2) is 18.2 Å². The molecule has 1 N–H and O–H groups in total. The van der Waals surface area contributed by atoms with Gasteiger partial charge in [0.05, 0.1) is 0 Å². The van der Waals surface area contributed by atoms with Crippen LogP contribution in [-0.4, -0.2) is 31.3 Å². The van der Waals surface area contributed by atoms with Crippen LogP contribution in [0, 0.1) is 0 Å². The van der Waals surface area contributed by atoms with Crippen molar-refractivity contribution in [1.29, 1.82) is 0 Å². The monoisotopic (exact) mass is 260 g/mol. The van der Waals surface area contributed by atoms with Crippen LogP contribution in [0.25, 0.3) is 0 Å². The van der Waals surface area contributed by atoms with E-state index >= 15 is 0 Å². The molecule has 1 aliphatic rings. The van der Waals surface area contributed by atoms with Gasteiger partial charge in [0.15, 0.2) is 5.78 Å². The number of fused-ring (bicyclic) bond motifs is 1. The highest BCUT2D eigenvalue weighted by molar-refractivity contribution is 5.99. The average molecular weight is 260 g/mol. The molecule has 1 aromatic carbocycles. The second-order valence-corrected chi connectivity index (χ2v) is 5.06. The SMILES string of the molecule is CNCCC(=O)c1ccc2c(c1)CC(C)N2C(C)=O. The molecule has 1 atom stereocenters. The zero-order valence-electron chi connectivity index (χ0n) is 11.7. The van der Waals surface area contributed by atoms with Crippen molar-refractivity contribution in [1.82, 2.24) is 5.32 Å². The van der Waals surface area contributed by atoms with Gasteiger partial charge in [0.2, 0.25) is 5.91 Å². The highest BCUT2D eigenvalue weighted by Gasteiger charge is 2.29. The fraction of sp³-hybridized carbons (Fsp3) is 0.467. The van der Waals surface area contributed by atoms with Gasteiger partial charge < -0.3 is 10.2 Å². The second-order valence-electron chi connectivity index (χ2n) is 5.06. The van der Waals surface area contributed by atoms with Crippen LogP contribution in [-0.2, 0) is 11.2 Å². The summed E-state index contributed by atoms with van der Waals surface area (Å²) < 4.78 is 0. The number of rotatable bonds is 4. The van der Waals surface area contributed by atoms with E-state index in [1.54, 1.807) is 11.8 Å². The molecule has 0 spiro atoms. The lowest BCUT2D eigenvalue weighted by molar-refractivity contribution is -0.116. The fourth-order valence-corrected chi connectivity index (χ4v) is 2.67. The summed E-state index contributed by atoms with van der Waals surface area (Å²) in [6.45, 7) is 4.30. The molecule has 0 aromatic heterocycles. The standard InChI is InChI=1S/C15H20N2O2/c1-10-8-13-9-12(15(19)6-7-16-3)4-5-14(13)17(10)11(2)18/h4-5,9-10,16H,6-8H2,1-3H3. The summed E-state index contributed by atoms with van der Waals surface area (Å²) in [5, 5.41) is 2.98. The van der Waals surface area contributed by atoms with E-state index in [1.807, 2.05) is 32.2 Å². The first-order chi connectivity index (χ1) is 9.04. The lowest BCUT2D eigenvalue weighted by atomic mass is 10.0. The number of amides is 1. The summed E-state index contributed by atoms with van der Waals surface area (Å²) in [6, 6.07) is 5.83. The smallest absolute Gasteiger partial charge is 0.224 e. The summed E-state index contributed by atoms with van der Waals surface area (Å²) >= 11 is 0. The molecular weight excluding hydrogens is 240 g/mol. The Balaban J connectivity index is 2.24. The predicted molar refractivity (Wildman–Crippen MR) is 75.6 cm³/mol. The first kappa shape index (κ1) is 13.7. The molecule has 19 heavy (non-hydrogen) atoms. The number of hydrogen-bond donors (Lipinski definition) is 1. The minimum absolute atomic E-state index is 0.0560. The van der Waals surface area contributed by atoms with Crippen LogP contribution in [0.5, 0.6) is 0 Å². The number of carbonyl (C=O) groups excluding carboxylic acids is 2. The molecule has 0 bridgehead atoms. The van der Waals surface area contributed by atoms with Crippen molar-refractivity contribution in [3.63, 3.8) is 0 Å². The van der Waals surface area contributed by atoms with E-state index in [2.05, 4.69) is 5.32 Å². The fourth-order valence-electron chi connectivity index (χ4n) is 2.67. The number of anilines is 1. The Bertz CT molecular complexity index is 511. The van der Waals surface area contributed by atoms with E-state index < -0.39 is 0 Å². The van der Waals surface area contributed by atoms with Gasteiger partial charge >= 0.3 is 0 Å². The van der Waals surface area contributed by atoms with Gasteiger partial charge in [-0.1, -0.05) is 0 Å². The topological polar surface area (TPSA) is 49.4 Å². The maximum atomic E-state index is 12.0. The van der Waals surface area contributed by atoms with Gasteiger partial charge in [-0.05, 0) is 44.2 Å². The number of ketones is 1. The Morgan fingerprint density at radius 3 is 2.79 bits per heavy atom. The quantitative estimate of drug-likeness (QED) is 0.839. The van der Waals surface area contributed by atoms with E-state index in [9.17, 15) is 9.59 Å². The third-order valence-electron chi connectivity index (χ3n) is 3.56. The molecule has 1 heterocycles. The molecule has 1 aliphatic heterocycles. The molecule has 0 saturated heterocycles. The van der Waals surface area contributed by atoms with E-state index in [4.69, 9.17) is 0 Å². The van der Waals surface area contributed by atoms with Gasteiger partial charge in [0.25, 0.3) is 0 Å². The molecule has 4 heteroatoms. The van der Waals surface area contributed by atoms with Crippen LogP contribution < -0.4 is 10.2 Å². The minimum Gasteiger partial charge on any atom is -0.319 e. The van der Waals surface area contributed by atoms with Gasteiger partial charge in [0.1, 0.15) is 0 Å². The normalized spacial score (nSPS) is 17.4. The number of nitrogens with one attached hydrogen (secondary N) is 1. The summed E-state index contributed by atoms with van der Waals surface area (Å²) in [6.07, 6.45) is 1.32. The van der Waals surface area contributed by atoms with Crippen molar-refractivity contribution in [3.8, 4) is 0 Å². The van der Waals surface area contributed by atoms with E-state index in [1.165, 1.54) is 0 Å². The minimum atomic E-state index is 0.0560. The van der Waals surface area contributed by atoms with Gasteiger partial charge in [-0.15, -0.1) is 0 Å². The molecular formula is C15H20N2O2. The maximum absolute atomic E-state index is 12.0.